The molecule has 3 nitrogen and oxygen atoms in total. The Morgan fingerprint density at radius 3 is 2.38 bits per heavy atom. The van der Waals surface area contributed by atoms with Gasteiger partial charge in [0, 0.05) is 5.92 Å². The van der Waals surface area contributed by atoms with E-state index >= 15 is 0 Å². The first kappa shape index (κ1) is 12.0. The Morgan fingerprint density at radius 1 is 1.46 bits per heavy atom. The van der Waals surface area contributed by atoms with Gasteiger partial charge in [-0.3, -0.25) is 4.90 Å². The van der Waals surface area contributed by atoms with Gasteiger partial charge in [-0.2, -0.15) is 0 Å². The molecule has 0 heterocycles. The lowest BCUT2D eigenvalue weighted by atomic mass is 10.1. The van der Waals surface area contributed by atoms with E-state index in [4.69, 9.17) is 0 Å². The van der Waals surface area contributed by atoms with Crippen molar-refractivity contribution in [3.05, 3.63) is 0 Å². The fourth-order valence-electron chi connectivity index (χ4n) is 0.483. The van der Waals surface area contributed by atoms with Gasteiger partial charge in [0.25, 0.3) is 0 Å². The van der Waals surface area contributed by atoms with Crippen molar-refractivity contribution in [2.75, 3.05) is 20.7 Å². The summed E-state index contributed by atoms with van der Waals surface area (Å²) in [5.74, 6) is 4.84. The number of carbonyl (C=O) groups is 1. The van der Waals surface area contributed by atoms with Gasteiger partial charge in [-0.1, -0.05) is 5.92 Å². The minimum Gasteiger partial charge on any atom is -0.456 e. The van der Waals surface area contributed by atoms with Crippen molar-refractivity contribution in [2.24, 2.45) is 0 Å². The van der Waals surface area contributed by atoms with Crippen LogP contribution in [0, 0.1) is 11.8 Å². The molecule has 0 atom stereocenters. The summed E-state index contributed by atoms with van der Waals surface area (Å²) in [6, 6.07) is 0. The molecule has 0 aliphatic heterocycles. The Balaban J connectivity index is 4.31. The third kappa shape index (κ3) is 4.54. The molecule has 0 rings (SSSR count). The van der Waals surface area contributed by atoms with Crippen molar-refractivity contribution < 1.29 is 9.53 Å². The summed E-state index contributed by atoms with van der Waals surface area (Å²) in [4.78, 5) is 12.8. The van der Waals surface area contributed by atoms with E-state index in [9.17, 15) is 4.79 Å². The molecule has 0 amide bonds. The number of rotatable bonds is 2. The Labute approximate surface area is 80.1 Å². The van der Waals surface area contributed by atoms with E-state index in [-0.39, 0.29) is 5.54 Å². The summed E-state index contributed by atoms with van der Waals surface area (Å²) in [6.45, 7) is 6.02. The fraction of sp³-hybridized carbons (Fsp3) is 0.700. The zero-order valence-electron chi connectivity index (χ0n) is 8.97. The van der Waals surface area contributed by atoms with Crippen molar-refractivity contribution in [2.45, 2.75) is 26.3 Å². The highest BCUT2D eigenvalue weighted by Crippen LogP contribution is 2.06. The van der Waals surface area contributed by atoms with Gasteiger partial charge >= 0.3 is 5.97 Å². The molecule has 0 aliphatic rings. The molecular formula is C10H17NO2. The summed E-state index contributed by atoms with van der Waals surface area (Å²) in [7, 11) is 3.83. The zero-order valence-corrected chi connectivity index (χ0v) is 8.97. The van der Waals surface area contributed by atoms with Gasteiger partial charge in [0.15, 0.2) is 0 Å². The summed E-state index contributed by atoms with van der Waals surface area (Å²) >= 11 is 0. The Kier molecular flexibility index (Phi) is 4.50. The van der Waals surface area contributed by atoms with E-state index in [1.165, 1.54) is 0 Å². The molecule has 0 N–H and O–H groups in total. The molecule has 0 saturated carbocycles. The fourth-order valence-corrected chi connectivity index (χ4v) is 0.483. The molecule has 0 bridgehead atoms. The maximum absolute atomic E-state index is 10.9. The molecule has 0 aromatic carbocycles. The Morgan fingerprint density at radius 2 is 2.00 bits per heavy atom. The molecule has 13 heavy (non-hydrogen) atoms. The predicted molar refractivity (Wildman–Crippen MR) is 52.2 cm³/mol. The molecule has 0 spiro atoms. The van der Waals surface area contributed by atoms with Crippen molar-refractivity contribution in [1.82, 2.24) is 4.90 Å². The molecule has 0 radical (unpaired) electrons. The summed E-state index contributed by atoms with van der Waals surface area (Å²) in [5.41, 5.74) is -0.299. The summed E-state index contributed by atoms with van der Waals surface area (Å²) < 4.78 is 4.69. The van der Waals surface area contributed by atoms with Crippen molar-refractivity contribution in [3.8, 4) is 11.8 Å². The van der Waals surface area contributed by atoms with Crippen molar-refractivity contribution >= 4 is 5.97 Å². The number of nitrogens with zero attached hydrogens (tertiary/aromatic N) is 1. The van der Waals surface area contributed by atoms with Gasteiger partial charge in [-0.25, -0.2) is 4.79 Å². The first-order valence-corrected chi connectivity index (χ1v) is 4.27. The molecule has 3 heteroatoms. The number of carbonyl (C=O) groups excluding carboxylic acids is 1. The van der Waals surface area contributed by atoms with Crippen LogP contribution in [0.4, 0.5) is 0 Å². The first-order chi connectivity index (χ1) is 5.90. The summed E-state index contributed by atoms with van der Waals surface area (Å²) in [5, 5.41) is 0. The SMILES string of the molecule is CCOC(=O)C#CC(C)(C)N(C)C. The zero-order chi connectivity index (χ0) is 10.5. The smallest absolute Gasteiger partial charge is 0.384 e. The number of esters is 1. The van der Waals surface area contributed by atoms with Gasteiger partial charge in [-0.05, 0) is 34.9 Å². The monoisotopic (exact) mass is 183 g/mol. The molecule has 0 aliphatic carbocycles. The van der Waals surface area contributed by atoms with Gasteiger partial charge < -0.3 is 4.74 Å². The normalized spacial score (nSPS) is 10.6. The molecule has 0 fully saturated rings. The quantitative estimate of drug-likeness (QED) is 0.362. The number of hydrogen-bond acceptors (Lipinski definition) is 3. The van der Waals surface area contributed by atoms with E-state index in [0.29, 0.717) is 6.61 Å². The van der Waals surface area contributed by atoms with E-state index in [1.807, 2.05) is 32.8 Å². The van der Waals surface area contributed by atoms with Crippen LogP contribution in [0.2, 0.25) is 0 Å². The third-order valence-electron chi connectivity index (χ3n) is 1.86. The molecule has 0 aromatic rings. The molecule has 0 aromatic heterocycles. The van der Waals surface area contributed by atoms with Crippen LogP contribution >= 0.6 is 0 Å². The maximum atomic E-state index is 10.9. The lowest BCUT2D eigenvalue weighted by Crippen LogP contribution is -2.36. The predicted octanol–water partition coefficient (Wildman–Crippen LogP) is 0.893. The third-order valence-corrected chi connectivity index (χ3v) is 1.86. The average molecular weight is 183 g/mol. The van der Waals surface area contributed by atoms with E-state index in [0.717, 1.165) is 0 Å². The first-order valence-electron chi connectivity index (χ1n) is 4.27. The van der Waals surface area contributed by atoms with Crippen LogP contribution in [0.5, 0.6) is 0 Å². The second-order valence-corrected chi connectivity index (χ2v) is 3.42. The minimum atomic E-state index is -0.461. The topological polar surface area (TPSA) is 29.5 Å². The van der Waals surface area contributed by atoms with Gasteiger partial charge in [0.1, 0.15) is 0 Å². The second-order valence-electron chi connectivity index (χ2n) is 3.42. The van der Waals surface area contributed by atoms with Crippen LogP contribution in [-0.4, -0.2) is 37.1 Å². The minimum absolute atomic E-state index is 0.299. The summed E-state index contributed by atoms with van der Waals surface area (Å²) in [6.07, 6.45) is 0. The molecular weight excluding hydrogens is 166 g/mol. The average Bonchev–Trinajstić information content (AvgIpc) is 2.01. The lowest BCUT2D eigenvalue weighted by molar-refractivity contribution is -0.136. The highest BCUT2D eigenvalue weighted by molar-refractivity contribution is 5.88. The van der Waals surface area contributed by atoms with Crippen molar-refractivity contribution in [3.63, 3.8) is 0 Å². The highest BCUT2D eigenvalue weighted by atomic mass is 16.5. The lowest BCUT2D eigenvalue weighted by Gasteiger charge is -2.26. The van der Waals surface area contributed by atoms with E-state index < -0.39 is 5.97 Å². The standard InChI is InChI=1S/C10H17NO2/c1-6-13-9(12)7-8-10(2,3)11(4)5/h6H2,1-5H3. The number of hydrogen-bond donors (Lipinski definition) is 0. The molecule has 0 saturated heterocycles. The van der Waals surface area contributed by atoms with Crippen LogP contribution in [0.1, 0.15) is 20.8 Å². The Hall–Kier alpha value is -1.01. The second kappa shape index (κ2) is 4.88. The van der Waals surface area contributed by atoms with Gasteiger partial charge in [0.05, 0.1) is 12.1 Å². The van der Waals surface area contributed by atoms with Crippen LogP contribution in [0.25, 0.3) is 0 Å². The molecule has 74 valence electrons. The molecule has 0 unspecified atom stereocenters. The number of ether oxygens (including phenoxy) is 1. The van der Waals surface area contributed by atoms with Crippen LogP contribution in [0.15, 0.2) is 0 Å². The maximum Gasteiger partial charge on any atom is 0.384 e. The van der Waals surface area contributed by atoms with Gasteiger partial charge in [-0.15, -0.1) is 0 Å². The Bertz CT molecular complexity index is 233. The van der Waals surface area contributed by atoms with E-state index in [2.05, 4.69) is 16.6 Å². The largest absolute Gasteiger partial charge is 0.456 e. The van der Waals surface area contributed by atoms with E-state index in [1.54, 1.807) is 6.92 Å². The van der Waals surface area contributed by atoms with Crippen molar-refractivity contribution in [1.29, 1.82) is 0 Å². The van der Waals surface area contributed by atoms with Crippen LogP contribution < -0.4 is 0 Å². The van der Waals surface area contributed by atoms with Gasteiger partial charge in [0.2, 0.25) is 0 Å². The van der Waals surface area contributed by atoms with Crippen LogP contribution in [-0.2, 0) is 9.53 Å². The highest BCUT2D eigenvalue weighted by Gasteiger charge is 2.16. The van der Waals surface area contributed by atoms with Crippen LogP contribution in [0.3, 0.4) is 0 Å².